The van der Waals surface area contributed by atoms with E-state index in [1.165, 1.54) is 11.5 Å². The fraction of sp³-hybridized carbons (Fsp3) is 0.800. The zero-order chi connectivity index (χ0) is 27.3. The van der Waals surface area contributed by atoms with E-state index < -0.39 is 16.3 Å². The van der Waals surface area contributed by atoms with Gasteiger partial charge in [-0.2, -0.15) is 0 Å². The van der Waals surface area contributed by atoms with Crippen LogP contribution in [0.15, 0.2) is 28.9 Å². The molecule has 0 unspecified atom stereocenters. The van der Waals surface area contributed by atoms with Gasteiger partial charge in [-0.3, -0.25) is 0 Å². The van der Waals surface area contributed by atoms with Gasteiger partial charge in [0.05, 0.1) is 22.2 Å². The molecule has 0 aromatic rings. The molecule has 0 saturated heterocycles. The first kappa shape index (κ1) is 38.8. The maximum atomic E-state index is 7.00. The van der Waals surface area contributed by atoms with Crippen LogP contribution < -0.4 is 12.4 Å². The van der Waals surface area contributed by atoms with E-state index in [0.717, 1.165) is 11.5 Å². The fourth-order valence-corrected chi connectivity index (χ4v) is 10.3. The summed E-state index contributed by atoms with van der Waals surface area (Å²) in [7, 11) is -1.56. The topological polar surface area (TPSA) is 18.5 Å². The van der Waals surface area contributed by atoms with Crippen molar-refractivity contribution in [3.8, 4) is 0 Å². The number of rotatable bonds is 4. The van der Waals surface area contributed by atoms with E-state index >= 15 is 0 Å². The SMILES string of the molecule is CC(C)(C)[C]1C=C(C(C)(C)C)C(OP(C(C)(C)C)C(C)(C)C)=C=C1OP(C(C)(C)C)C(C)(C)C.[Cl-].[HH].[Ir]. The van der Waals surface area contributed by atoms with Crippen molar-refractivity contribution in [2.45, 2.75) is 145 Å². The minimum absolute atomic E-state index is 0. The van der Waals surface area contributed by atoms with Gasteiger partial charge >= 0.3 is 0 Å². The molecule has 0 saturated carbocycles. The molecule has 0 aromatic heterocycles. The molecule has 0 atom stereocenters. The van der Waals surface area contributed by atoms with Crippen molar-refractivity contribution in [3.63, 3.8) is 0 Å². The standard InChI is InChI=1S/C30H55O2P2.ClH.Ir.H2/c1-25(2,3)21-19-22(26(4,5)6)24(32-34(29(13,14)15)30(16,17)18)20-23(21)31-33(27(7,8)9)28(10,11)12;;;/h19H,1-18H3;1H;;1H/p-1. The number of hydrogen-bond acceptors (Lipinski definition) is 2. The van der Waals surface area contributed by atoms with E-state index in [-0.39, 0.29) is 65.4 Å². The van der Waals surface area contributed by atoms with E-state index in [9.17, 15) is 0 Å². The maximum Gasteiger partial charge on any atom is 0.172 e. The van der Waals surface area contributed by atoms with Gasteiger partial charge in [-0.05, 0) is 16.6 Å². The molecule has 216 valence electrons. The Bertz CT molecular complexity index is 808. The van der Waals surface area contributed by atoms with Crippen LogP contribution >= 0.6 is 16.3 Å². The van der Waals surface area contributed by atoms with Crippen LogP contribution in [0.5, 0.6) is 0 Å². The Hall–Kier alpha value is 0.659. The summed E-state index contributed by atoms with van der Waals surface area (Å²) in [6, 6.07) is 0. The Balaban J connectivity index is -0.00000385. The number of hydrogen-bond donors (Lipinski definition) is 0. The Morgan fingerprint density at radius 1 is 0.556 bits per heavy atom. The molecule has 2 radical (unpaired) electrons. The summed E-state index contributed by atoms with van der Waals surface area (Å²) in [5, 5.41) is 0.181. The van der Waals surface area contributed by atoms with Crippen LogP contribution in [0.4, 0.5) is 0 Å². The van der Waals surface area contributed by atoms with Crippen molar-refractivity contribution < 1.29 is 43.0 Å². The molecular formula is C30H57ClIrO2P2-. The second-order valence-corrected chi connectivity index (χ2v) is 22.6. The van der Waals surface area contributed by atoms with Crippen molar-refractivity contribution in [1.29, 1.82) is 0 Å². The van der Waals surface area contributed by atoms with Crippen LogP contribution in [-0.4, -0.2) is 20.6 Å². The molecule has 0 N–H and O–H groups in total. The zero-order valence-electron chi connectivity index (χ0n) is 26.5. The first-order chi connectivity index (χ1) is 14.7. The van der Waals surface area contributed by atoms with E-state index in [2.05, 4.69) is 136 Å². The predicted molar refractivity (Wildman–Crippen MR) is 158 cm³/mol. The molecule has 0 heterocycles. The van der Waals surface area contributed by atoms with Crippen molar-refractivity contribution in [3.05, 3.63) is 34.8 Å². The molecule has 0 aromatic carbocycles. The van der Waals surface area contributed by atoms with Gasteiger partial charge in [-0.25, -0.2) is 0 Å². The Kier molecular flexibility index (Phi) is 13.4. The summed E-state index contributed by atoms with van der Waals surface area (Å²) in [6.07, 6.45) is 2.35. The molecular weight excluding hydrogens is 682 g/mol. The van der Waals surface area contributed by atoms with Crippen molar-refractivity contribution in [2.75, 3.05) is 0 Å². The number of allylic oxidation sites excluding steroid dienone is 1. The summed E-state index contributed by atoms with van der Waals surface area (Å²) in [6.45, 7) is 41.1. The summed E-state index contributed by atoms with van der Waals surface area (Å²) in [5.41, 5.74) is 4.80. The minimum Gasteiger partial charge on any atom is -1.00 e. The summed E-state index contributed by atoms with van der Waals surface area (Å²) >= 11 is 0. The van der Waals surface area contributed by atoms with Gasteiger partial charge in [-0.1, -0.05) is 131 Å². The summed E-state index contributed by atoms with van der Waals surface area (Å²) in [5.74, 6) is 2.94. The Labute approximate surface area is 249 Å². The predicted octanol–water partition coefficient (Wildman–Crippen LogP) is 8.23. The smallest absolute Gasteiger partial charge is 0.172 e. The van der Waals surface area contributed by atoms with Gasteiger partial charge in [0, 0.05) is 47.7 Å². The minimum atomic E-state index is -0.780. The average molecular weight is 739 g/mol. The maximum absolute atomic E-state index is 7.00. The normalized spacial score (nSPS) is 16.6. The third-order valence-corrected chi connectivity index (χ3v) is 11.0. The second kappa shape index (κ2) is 12.4. The van der Waals surface area contributed by atoms with Crippen LogP contribution in [0, 0.1) is 16.7 Å². The molecule has 6 heteroatoms. The van der Waals surface area contributed by atoms with Crippen molar-refractivity contribution >= 4 is 16.3 Å². The number of halogens is 1. The van der Waals surface area contributed by atoms with E-state index in [1.54, 1.807) is 0 Å². The first-order valence-electron chi connectivity index (χ1n) is 12.7. The molecule has 0 fully saturated rings. The van der Waals surface area contributed by atoms with Crippen LogP contribution in [0.25, 0.3) is 0 Å². The van der Waals surface area contributed by atoms with Crippen molar-refractivity contribution in [2.24, 2.45) is 10.8 Å². The average Bonchev–Trinajstić information content (AvgIpc) is 2.51. The molecule has 2 nitrogen and oxygen atoms in total. The summed E-state index contributed by atoms with van der Waals surface area (Å²) < 4.78 is 14.0. The third kappa shape index (κ3) is 10.7. The van der Waals surface area contributed by atoms with Gasteiger partial charge in [0.1, 0.15) is 0 Å². The van der Waals surface area contributed by atoms with E-state index in [1.807, 2.05) is 0 Å². The quantitative estimate of drug-likeness (QED) is 0.214. The van der Waals surface area contributed by atoms with Gasteiger partial charge in [0.15, 0.2) is 11.5 Å². The Morgan fingerprint density at radius 2 is 0.861 bits per heavy atom. The third-order valence-electron chi connectivity index (χ3n) is 5.42. The van der Waals surface area contributed by atoms with Crippen LogP contribution in [-0.2, 0) is 29.2 Å². The summed E-state index contributed by atoms with van der Waals surface area (Å²) in [4.78, 5) is 0. The van der Waals surface area contributed by atoms with Crippen LogP contribution in [0.1, 0.15) is 126 Å². The van der Waals surface area contributed by atoms with Gasteiger partial charge in [-0.15, -0.1) is 0 Å². The molecule has 0 aliphatic heterocycles. The molecule has 0 spiro atoms. The molecule has 1 aliphatic carbocycles. The largest absolute Gasteiger partial charge is 1.00 e. The zero-order valence-corrected chi connectivity index (χ0v) is 31.4. The molecule has 0 amide bonds. The molecule has 1 aliphatic rings. The van der Waals surface area contributed by atoms with E-state index in [4.69, 9.17) is 9.05 Å². The van der Waals surface area contributed by atoms with E-state index in [0.29, 0.717) is 0 Å². The first-order valence-corrected chi connectivity index (χ1v) is 15.3. The van der Waals surface area contributed by atoms with Gasteiger partial charge in [0.25, 0.3) is 0 Å². The fourth-order valence-electron chi connectivity index (χ4n) is 4.51. The van der Waals surface area contributed by atoms with Crippen molar-refractivity contribution in [1.82, 2.24) is 0 Å². The van der Waals surface area contributed by atoms with Gasteiger partial charge in [0.2, 0.25) is 0 Å². The van der Waals surface area contributed by atoms with Gasteiger partial charge < -0.3 is 21.5 Å². The molecule has 36 heavy (non-hydrogen) atoms. The Morgan fingerprint density at radius 3 is 1.11 bits per heavy atom. The van der Waals surface area contributed by atoms with Crippen LogP contribution in [0.3, 0.4) is 0 Å². The van der Waals surface area contributed by atoms with Crippen LogP contribution in [0.2, 0.25) is 0 Å². The molecule has 1 rings (SSSR count). The molecule has 0 bridgehead atoms. The second-order valence-electron chi connectivity index (χ2n) is 15.7. The monoisotopic (exact) mass is 739 g/mol.